The van der Waals surface area contributed by atoms with Gasteiger partial charge in [0.05, 0.1) is 5.56 Å². The predicted octanol–water partition coefficient (Wildman–Crippen LogP) is 3.17. The molecule has 1 aromatic heterocycles. The van der Waals surface area contributed by atoms with E-state index in [9.17, 15) is 10.1 Å². The van der Waals surface area contributed by atoms with E-state index in [0.29, 0.717) is 10.6 Å². The van der Waals surface area contributed by atoms with Gasteiger partial charge in [-0.25, -0.2) is 0 Å². The molecule has 0 bridgehead atoms. The lowest BCUT2D eigenvalue weighted by Crippen LogP contribution is -2.17. The number of carbonyl (C=O) groups excluding carboxylic acids is 1. The van der Waals surface area contributed by atoms with Crippen LogP contribution in [0.4, 0.5) is 11.5 Å². The molecule has 106 valence electrons. The highest BCUT2D eigenvalue weighted by molar-refractivity contribution is 7.98. The minimum absolute atomic E-state index is 0.150. The second-order valence-electron chi connectivity index (χ2n) is 4.08. The Hall–Kier alpha value is -2.30. The van der Waals surface area contributed by atoms with Crippen LogP contribution in [0, 0.1) is 16.0 Å². The zero-order valence-electron chi connectivity index (χ0n) is 11.1. The fourth-order valence-corrected chi connectivity index (χ4v) is 2.92. The number of nitrogen functional groups attached to an aromatic ring is 1. The summed E-state index contributed by atoms with van der Waals surface area (Å²) in [6, 6.07) is 11.0. The molecule has 0 saturated heterocycles. The number of aromatic amines is 1. The van der Waals surface area contributed by atoms with Crippen molar-refractivity contribution in [2.75, 3.05) is 17.3 Å². The van der Waals surface area contributed by atoms with E-state index >= 15 is 0 Å². The Labute approximate surface area is 131 Å². The number of pyridine rings is 1. The van der Waals surface area contributed by atoms with Crippen LogP contribution in [0.1, 0.15) is 15.9 Å². The smallest absolute Gasteiger partial charge is 0.260 e. The van der Waals surface area contributed by atoms with Crippen LogP contribution in [-0.4, -0.2) is 17.1 Å². The molecular formula is C14H12N4OS2. The normalized spacial score (nSPS) is 9.90. The monoisotopic (exact) mass is 316 g/mol. The second kappa shape index (κ2) is 6.43. The number of amides is 1. The van der Waals surface area contributed by atoms with Crippen molar-refractivity contribution in [3.63, 3.8) is 0 Å². The van der Waals surface area contributed by atoms with Crippen molar-refractivity contribution in [1.82, 2.24) is 4.98 Å². The average Bonchev–Trinajstić information content (AvgIpc) is 2.47. The lowest BCUT2D eigenvalue weighted by molar-refractivity contribution is 0.102. The van der Waals surface area contributed by atoms with E-state index in [2.05, 4.69) is 10.3 Å². The zero-order chi connectivity index (χ0) is 15.4. The standard InChI is InChI=1S/C14H12N4OS2/c1-21-11-9(7-15)14(20)18-12(16)10(11)13(19)17-8-5-3-2-4-6-8/h2-6H,1H3,(H,17,19)(H3,16,18,20). The van der Waals surface area contributed by atoms with Crippen LogP contribution in [0.15, 0.2) is 35.2 Å². The number of nitrogens with zero attached hydrogens (tertiary/aromatic N) is 1. The molecule has 2 rings (SSSR count). The number of nitrogens with two attached hydrogens (primary N) is 1. The molecule has 0 unspecified atom stereocenters. The van der Waals surface area contributed by atoms with Gasteiger partial charge in [-0.2, -0.15) is 5.26 Å². The number of nitrogens with one attached hydrogen (secondary N) is 2. The molecule has 0 aliphatic heterocycles. The van der Waals surface area contributed by atoms with Gasteiger partial charge in [0, 0.05) is 10.6 Å². The number of nitriles is 1. The molecule has 21 heavy (non-hydrogen) atoms. The van der Waals surface area contributed by atoms with Crippen molar-refractivity contribution in [1.29, 1.82) is 5.26 Å². The lowest BCUT2D eigenvalue weighted by Gasteiger charge is -2.12. The van der Waals surface area contributed by atoms with Crippen LogP contribution >= 0.6 is 24.0 Å². The number of anilines is 2. The Kier molecular flexibility index (Phi) is 4.62. The molecule has 0 aliphatic rings. The van der Waals surface area contributed by atoms with E-state index < -0.39 is 0 Å². The van der Waals surface area contributed by atoms with Crippen LogP contribution < -0.4 is 11.1 Å². The highest BCUT2D eigenvalue weighted by atomic mass is 32.2. The Morgan fingerprint density at radius 3 is 2.67 bits per heavy atom. The molecule has 0 spiro atoms. The first-order valence-electron chi connectivity index (χ1n) is 5.94. The fraction of sp³-hybridized carbons (Fsp3) is 0.0714. The van der Waals surface area contributed by atoms with Gasteiger partial charge >= 0.3 is 0 Å². The van der Waals surface area contributed by atoms with E-state index in [1.165, 1.54) is 11.8 Å². The van der Waals surface area contributed by atoms with Crippen LogP contribution in [0.2, 0.25) is 0 Å². The summed E-state index contributed by atoms with van der Waals surface area (Å²) in [5.74, 6) is -0.234. The molecular weight excluding hydrogens is 304 g/mol. The molecule has 2 aromatic rings. The third kappa shape index (κ3) is 3.07. The molecule has 4 N–H and O–H groups in total. The third-order valence-corrected chi connectivity index (χ3v) is 3.90. The topological polar surface area (TPSA) is 94.7 Å². The highest BCUT2D eigenvalue weighted by Crippen LogP contribution is 2.29. The molecule has 0 atom stereocenters. The summed E-state index contributed by atoms with van der Waals surface area (Å²) < 4.78 is 0.232. The summed E-state index contributed by atoms with van der Waals surface area (Å²) >= 11 is 6.33. The lowest BCUT2D eigenvalue weighted by atomic mass is 10.1. The Morgan fingerprint density at radius 2 is 2.10 bits per heavy atom. The minimum atomic E-state index is -0.384. The van der Waals surface area contributed by atoms with Gasteiger partial charge < -0.3 is 16.0 Å². The molecule has 0 fully saturated rings. The van der Waals surface area contributed by atoms with Crippen molar-refractivity contribution in [2.45, 2.75) is 4.90 Å². The maximum Gasteiger partial charge on any atom is 0.260 e. The number of carbonyl (C=O) groups is 1. The summed E-state index contributed by atoms with van der Waals surface area (Å²) in [7, 11) is 0. The molecule has 0 aliphatic carbocycles. The van der Waals surface area contributed by atoms with Crippen LogP contribution in [-0.2, 0) is 0 Å². The third-order valence-electron chi connectivity index (χ3n) is 2.77. The molecule has 5 nitrogen and oxygen atoms in total. The predicted molar refractivity (Wildman–Crippen MR) is 86.9 cm³/mol. The van der Waals surface area contributed by atoms with Crippen LogP contribution in [0.5, 0.6) is 0 Å². The van der Waals surface area contributed by atoms with Gasteiger partial charge in [-0.1, -0.05) is 30.4 Å². The quantitative estimate of drug-likeness (QED) is 0.597. The maximum absolute atomic E-state index is 12.4. The number of benzene rings is 1. The Bertz CT molecular complexity index is 778. The first-order valence-corrected chi connectivity index (χ1v) is 7.58. The van der Waals surface area contributed by atoms with E-state index in [0.717, 1.165) is 0 Å². The number of rotatable bonds is 3. The highest BCUT2D eigenvalue weighted by Gasteiger charge is 2.20. The minimum Gasteiger partial charge on any atom is -0.385 e. The van der Waals surface area contributed by atoms with Gasteiger partial charge in [-0.05, 0) is 18.4 Å². The van der Waals surface area contributed by atoms with Gasteiger partial charge in [-0.3, -0.25) is 4.79 Å². The summed E-state index contributed by atoms with van der Waals surface area (Å²) in [5, 5.41) is 11.9. The Balaban J connectivity index is 2.51. The SMILES string of the molecule is CSc1c(C(=O)Nc2ccccc2)c(N)[nH]c(=S)c1C#N. The van der Waals surface area contributed by atoms with Crippen molar-refractivity contribution in [2.24, 2.45) is 0 Å². The number of H-pyrrole nitrogens is 1. The molecule has 1 aromatic carbocycles. The van der Waals surface area contributed by atoms with E-state index in [4.69, 9.17) is 18.0 Å². The Morgan fingerprint density at radius 1 is 1.43 bits per heavy atom. The summed E-state index contributed by atoms with van der Waals surface area (Å²) in [6.45, 7) is 0. The molecule has 0 radical (unpaired) electrons. The first-order chi connectivity index (χ1) is 10.1. The molecule has 7 heteroatoms. The van der Waals surface area contributed by atoms with Gasteiger partial charge in [0.1, 0.15) is 22.1 Å². The van der Waals surface area contributed by atoms with Crippen molar-refractivity contribution >= 4 is 41.4 Å². The molecule has 1 amide bonds. The molecule has 0 saturated carbocycles. The van der Waals surface area contributed by atoms with Gasteiger partial charge in [0.2, 0.25) is 0 Å². The number of hydrogen-bond donors (Lipinski definition) is 3. The fourth-order valence-electron chi connectivity index (χ4n) is 1.84. The van der Waals surface area contributed by atoms with Crippen molar-refractivity contribution in [3.8, 4) is 6.07 Å². The number of hydrogen-bond acceptors (Lipinski definition) is 5. The summed E-state index contributed by atoms with van der Waals surface area (Å²) in [6.07, 6.45) is 1.77. The van der Waals surface area contributed by atoms with Crippen LogP contribution in [0.25, 0.3) is 0 Å². The number of para-hydroxylation sites is 1. The average molecular weight is 316 g/mol. The zero-order valence-corrected chi connectivity index (χ0v) is 12.8. The second-order valence-corrected chi connectivity index (χ2v) is 5.31. The van der Waals surface area contributed by atoms with Crippen molar-refractivity contribution < 1.29 is 4.79 Å². The van der Waals surface area contributed by atoms with Gasteiger partial charge in [-0.15, -0.1) is 11.8 Å². The number of aromatic nitrogens is 1. The summed E-state index contributed by atoms with van der Waals surface area (Å²) in [5.41, 5.74) is 7.01. The van der Waals surface area contributed by atoms with Crippen LogP contribution in [0.3, 0.4) is 0 Å². The van der Waals surface area contributed by atoms with Gasteiger partial charge in [0.25, 0.3) is 5.91 Å². The van der Waals surface area contributed by atoms with Crippen molar-refractivity contribution in [3.05, 3.63) is 46.1 Å². The van der Waals surface area contributed by atoms with E-state index in [1.54, 1.807) is 18.4 Å². The maximum atomic E-state index is 12.4. The summed E-state index contributed by atoms with van der Waals surface area (Å²) in [4.78, 5) is 15.6. The largest absolute Gasteiger partial charge is 0.385 e. The van der Waals surface area contributed by atoms with E-state index in [1.807, 2.05) is 24.3 Å². The van der Waals surface area contributed by atoms with E-state index in [-0.39, 0.29) is 27.5 Å². The van der Waals surface area contributed by atoms with Gasteiger partial charge in [0.15, 0.2) is 0 Å². The molecule has 1 heterocycles. The first kappa shape index (κ1) is 15.1. The number of thioether (sulfide) groups is 1.